The first-order chi connectivity index (χ1) is 11.6. The highest BCUT2D eigenvalue weighted by Crippen LogP contribution is 2.27. The van der Waals surface area contributed by atoms with Gasteiger partial charge in [-0.25, -0.2) is 0 Å². The van der Waals surface area contributed by atoms with Crippen LogP contribution in [0.4, 0.5) is 5.69 Å². The topological polar surface area (TPSA) is 55.6 Å². The third-order valence-corrected chi connectivity index (χ3v) is 5.40. The van der Waals surface area contributed by atoms with E-state index in [4.69, 9.17) is 10.5 Å². The van der Waals surface area contributed by atoms with Crippen molar-refractivity contribution in [3.05, 3.63) is 23.8 Å². The van der Waals surface area contributed by atoms with Gasteiger partial charge < -0.3 is 10.5 Å². The van der Waals surface area contributed by atoms with E-state index in [1.807, 2.05) is 0 Å². The van der Waals surface area contributed by atoms with Gasteiger partial charge in [0.1, 0.15) is 5.75 Å². The Hall–Kier alpha value is -1.20. The number of unbranched alkanes of at least 4 members (excludes halogenated alkanes) is 1. The molecule has 1 aliphatic heterocycles. The van der Waals surface area contributed by atoms with Crippen LogP contribution in [0.15, 0.2) is 18.2 Å². The summed E-state index contributed by atoms with van der Waals surface area (Å²) in [4.78, 5) is 15.0. The van der Waals surface area contributed by atoms with Crippen LogP contribution in [0.5, 0.6) is 5.75 Å². The molecule has 134 valence electrons. The number of rotatable bonds is 8. The van der Waals surface area contributed by atoms with E-state index in [1.54, 1.807) is 18.2 Å². The SMILES string of the molecule is CCCCOc1cc(N)ccc1C(=O)SCCN1CCCCC1C. The van der Waals surface area contributed by atoms with Crippen molar-refractivity contribution in [2.75, 3.05) is 31.2 Å². The summed E-state index contributed by atoms with van der Waals surface area (Å²) in [6.07, 6.45) is 5.91. The molecule has 1 atom stereocenters. The monoisotopic (exact) mass is 350 g/mol. The van der Waals surface area contributed by atoms with Crippen LogP contribution < -0.4 is 10.5 Å². The van der Waals surface area contributed by atoms with E-state index in [-0.39, 0.29) is 5.12 Å². The van der Waals surface area contributed by atoms with E-state index in [1.165, 1.54) is 31.0 Å². The molecule has 1 unspecified atom stereocenters. The first-order valence-corrected chi connectivity index (χ1v) is 10.0. The number of ether oxygens (including phenoxy) is 1. The number of benzene rings is 1. The number of likely N-dealkylation sites (tertiary alicyclic amines) is 1. The van der Waals surface area contributed by atoms with E-state index in [0.29, 0.717) is 29.6 Å². The first-order valence-electron chi connectivity index (χ1n) is 9.05. The number of nitrogens with two attached hydrogens (primary N) is 1. The molecule has 1 heterocycles. The molecular weight excluding hydrogens is 320 g/mol. The summed E-state index contributed by atoms with van der Waals surface area (Å²) in [7, 11) is 0. The van der Waals surface area contributed by atoms with Crippen molar-refractivity contribution >= 4 is 22.6 Å². The number of carbonyl (C=O) groups is 1. The summed E-state index contributed by atoms with van der Waals surface area (Å²) in [5.41, 5.74) is 7.11. The molecule has 2 N–H and O–H groups in total. The Kier molecular flexibility index (Phi) is 7.92. The minimum atomic E-state index is 0.0751. The largest absolute Gasteiger partial charge is 0.493 e. The van der Waals surface area contributed by atoms with Gasteiger partial charge >= 0.3 is 0 Å². The summed E-state index contributed by atoms with van der Waals surface area (Å²) >= 11 is 1.38. The number of hydrogen-bond acceptors (Lipinski definition) is 5. The molecule has 1 saturated heterocycles. The zero-order valence-electron chi connectivity index (χ0n) is 14.9. The molecule has 0 aliphatic carbocycles. The highest BCUT2D eigenvalue weighted by atomic mass is 32.2. The molecule has 2 rings (SSSR count). The minimum Gasteiger partial charge on any atom is -0.493 e. The minimum absolute atomic E-state index is 0.0751. The second-order valence-electron chi connectivity index (χ2n) is 6.47. The lowest BCUT2D eigenvalue weighted by Gasteiger charge is -2.33. The molecule has 1 aromatic rings. The number of thioether (sulfide) groups is 1. The Balaban J connectivity index is 1.88. The number of nitrogens with zero attached hydrogens (tertiary/aromatic N) is 1. The molecule has 0 bridgehead atoms. The van der Waals surface area contributed by atoms with Crippen molar-refractivity contribution < 1.29 is 9.53 Å². The van der Waals surface area contributed by atoms with Crippen molar-refractivity contribution in [2.24, 2.45) is 0 Å². The molecule has 0 spiro atoms. The van der Waals surface area contributed by atoms with Gasteiger partial charge in [-0.3, -0.25) is 9.69 Å². The number of piperidine rings is 1. The quantitative estimate of drug-likeness (QED) is 0.562. The van der Waals surface area contributed by atoms with Crippen LogP contribution in [0.2, 0.25) is 0 Å². The fourth-order valence-corrected chi connectivity index (χ4v) is 3.81. The predicted octanol–water partition coefficient (Wildman–Crippen LogP) is 4.20. The molecule has 1 aromatic carbocycles. The molecule has 5 heteroatoms. The number of anilines is 1. The first kappa shape index (κ1) is 19.1. The fourth-order valence-electron chi connectivity index (χ4n) is 2.98. The van der Waals surface area contributed by atoms with E-state index in [2.05, 4.69) is 18.7 Å². The average Bonchev–Trinajstić information content (AvgIpc) is 2.57. The average molecular weight is 351 g/mol. The number of hydrogen-bond donors (Lipinski definition) is 1. The van der Waals surface area contributed by atoms with Crippen LogP contribution in [0.25, 0.3) is 0 Å². The summed E-state index contributed by atoms with van der Waals surface area (Å²) in [5, 5.41) is 0.0751. The van der Waals surface area contributed by atoms with Gasteiger partial charge in [0.2, 0.25) is 5.12 Å². The summed E-state index contributed by atoms with van der Waals surface area (Å²) in [6, 6.07) is 5.96. The van der Waals surface area contributed by atoms with Gasteiger partial charge in [0, 0.05) is 30.1 Å². The zero-order chi connectivity index (χ0) is 17.4. The van der Waals surface area contributed by atoms with E-state index < -0.39 is 0 Å². The lowest BCUT2D eigenvalue weighted by Crippen LogP contribution is -2.38. The molecule has 24 heavy (non-hydrogen) atoms. The van der Waals surface area contributed by atoms with Gasteiger partial charge in [0.25, 0.3) is 0 Å². The normalized spacial score (nSPS) is 18.5. The highest BCUT2D eigenvalue weighted by Gasteiger charge is 2.19. The molecule has 0 radical (unpaired) electrons. The standard InChI is InChI=1S/C19H30N2O2S/c1-3-4-12-23-18-14-16(20)8-9-17(18)19(22)24-13-11-21-10-6-5-7-15(21)2/h8-9,14-15H,3-7,10-13,20H2,1-2H3. The molecule has 1 fully saturated rings. The maximum absolute atomic E-state index is 12.6. The fraction of sp³-hybridized carbons (Fsp3) is 0.632. The smallest absolute Gasteiger partial charge is 0.223 e. The van der Waals surface area contributed by atoms with Crippen LogP contribution in [0, 0.1) is 0 Å². The molecule has 1 aliphatic rings. The Morgan fingerprint density at radius 3 is 3.00 bits per heavy atom. The molecule has 0 saturated carbocycles. The second kappa shape index (κ2) is 9.94. The number of nitrogen functional groups attached to an aromatic ring is 1. The highest BCUT2D eigenvalue weighted by molar-refractivity contribution is 8.14. The van der Waals surface area contributed by atoms with Crippen LogP contribution in [0.3, 0.4) is 0 Å². The Morgan fingerprint density at radius 2 is 2.25 bits per heavy atom. The van der Waals surface area contributed by atoms with Crippen molar-refractivity contribution in [1.82, 2.24) is 4.90 Å². The van der Waals surface area contributed by atoms with Gasteiger partial charge in [0.15, 0.2) is 0 Å². The molecule has 0 aromatic heterocycles. The summed E-state index contributed by atoms with van der Waals surface area (Å²) in [5.74, 6) is 1.44. The Bertz CT molecular complexity index is 536. The van der Waals surface area contributed by atoms with Crippen molar-refractivity contribution in [1.29, 1.82) is 0 Å². The van der Waals surface area contributed by atoms with Crippen molar-refractivity contribution in [2.45, 2.75) is 52.0 Å². The van der Waals surface area contributed by atoms with Gasteiger partial charge in [-0.2, -0.15) is 0 Å². The lowest BCUT2D eigenvalue weighted by molar-refractivity contribution is 0.108. The second-order valence-corrected chi connectivity index (χ2v) is 7.54. The van der Waals surface area contributed by atoms with Gasteiger partial charge in [-0.05, 0) is 44.9 Å². The van der Waals surface area contributed by atoms with Crippen LogP contribution in [-0.2, 0) is 0 Å². The van der Waals surface area contributed by atoms with Crippen LogP contribution >= 0.6 is 11.8 Å². The molecular formula is C19H30N2O2S. The predicted molar refractivity (Wildman–Crippen MR) is 103 cm³/mol. The third kappa shape index (κ3) is 5.71. The molecule has 0 amide bonds. The van der Waals surface area contributed by atoms with E-state index >= 15 is 0 Å². The van der Waals surface area contributed by atoms with Gasteiger partial charge in [-0.15, -0.1) is 0 Å². The van der Waals surface area contributed by atoms with Crippen molar-refractivity contribution in [3.63, 3.8) is 0 Å². The third-order valence-electron chi connectivity index (χ3n) is 4.53. The zero-order valence-corrected chi connectivity index (χ0v) is 15.7. The summed E-state index contributed by atoms with van der Waals surface area (Å²) < 4.78 is 5.77. The molecule has 4 nitrogen and oxygen atoms in total. The van der Waals surface area contributed by atoms with Crippen LogP contribution in [0.1, 0.15) is 56.3 Å². The van der Waals surface area contributed by atoms with Crippen molar-refractivity contribution in [3.8, 4) is 5.75 Å². The number of carbonyl (C=O) groups excluding carboxylic acids is 1. The summed E-state index contributed by atoms with van der Waals surface area (Å²) in [6.45, 7) is 7.15. The Morgan fingerprint density at radius 1 is 1.42 bits per heavy atom. The van der Waals surface area contributed by atoms with Gasteiger partial charge in [0.05, 0.1) is 12.2 Å². The lowest BCUT2D eigenvalue weighted by atomic mass is 10.0. The van der Waals surface area contributed by atoms with Gasteiger partial charge in [-0.1, -0.05) is 31.5 Å². The van der Waals surface area contributed by atoms with Crippen LogP contribution in [-0.4, -0.2) is 41.5 Å². The maximum Gasteiger partial charge on any atom is 0.223 e. The van der Waals surface area contributed by atoms with E-state index in [0.717, 1.165) is 31.7 Å². The van der Waals surface area contributed by atoms with E-state index in [9.17, 15) is 4.79 Å². The maximum atomic E-state index is 12.6. The Labute approximate surface area is 150 Å².